The highest BCUT2D eigenvalue weighted by molar-refractivity contribution is 5.67. The number of carbonyl (C=O) groups is 2. The molecule has 0 saturated carbocycles. The summed E-state index contributed by atoms with van der Waals surface area (Å²) in [5, 5.41) is 16.5. The van der Waals surface area contributed by atoms with E-state index in [0.29, 0.717) is 0 Å². The van der Waals surface area contributed by atoms with E-state index < -0.39 is 11.9 Å². The first kappa shape index (κ1) is 18.3. The van der Waals surface area contributed by atoms with Gasteiger partial charge in [0.25, 0.3) is 0 Å². The third-order valence-electron chi connectivity index (χ3n) is 1.77. The minimum absolute atomic E-state index is 0.0775. The van der Waals surface area contributed by atoms with Gasteiger partial charge in [0.1, 0.15) is 0 Å². The highest BCUT2D eigenvalue weighted by atomic mass is 16.4. The molecule has 17 heavy (non-hydrogen) atoms. The van der Waals surface area contributed by atoms with Gasteiger partial charge in [-0.05, 0) is 17.3 Å². The molecular formula is C13H26O4. The molecule has 0 unspecified atom stereocenters. The third-order valence-corrected chi connectivity index (χ3v) is 1.77. The number of hydrogen-bond acceptors (Lipinski definition) is 2. The Morgan fingerprint density at radius 3 is 1.29 bits per heavy atom. The molecule has 0 aromatic heterocycles. The molecule has 0 aliphatic heterocycles. The molecule has 0 spiro atoms. The molecule has 2 N–H and O–H groups in total. The van der Waals surface area contributed by atoms with Gasteiger partial charge in [0.15, 0.2) is 0 Å². The molecule has 0 atom stereocenters. The van der Waals surface area contributed by atoms with E-state index in [4.69, 9.17) is 10.2 Å². The van der Waals surface area contributed by atoms with Crippen molar-refractivity contribution in [1.82, 2.24) is 0 Å². The Morgan fingerprint density at radius 1 is 0.824 bits per heavy atom. The zero-order chi connectivity index (χ0) is 14.3. The molecule has 0 aliphatic carbocycles. The fourth-order valence-electron chi connectivity index (χ4n) is 0.936. The second-order valence-electron chi connectivity index (χ2n) is 6.59. The van der Waals surface area contributed by atoms with E-state index in [9.17, 15) is 9.59 Å². The van der Waals surface area contributed by atoms with Gasteiger partial charge in [-0.3, -0.25) is 9.59 Å². The molecular weight excluding hydrogens is 220 g/mol. The van der Waals surface area contributed by atoms with Crippen LogP contribution in [0, 0.1) is 10.8 Å². The predicted octanol–water partition coefficient (Wildman–Crippen LogP) is 3.40. The fourth-order valence-corrected chi connectivity index (χ4v) is 0.936. The molecule has 0 bridgehead atoms. The van der Waals surface area contributed by atoms with Gasteiger partial charge in [-0.1, -0.05) is 41.5 Å². The molecule has 4 nitrogen and oxygen atoms in total. The minimum Gasteiger partial charge on any atom is -0.481 e. The summed E-state index contributed by atoms with van der Waals surface area (Å²) in [7, 11) is 0. The van der Waals surface area contributed by atoms with Crippen molar-refractivity contribution >= 4 is 11.9 Å². The van der Waals surface area contributed by atoms with Crippen LogP contribution in [0.2, 0.25) is 0 Å². The zero-order valence-corrected chi connectivity index (χ0v) is 11.8. The van der Waals surface area contributed by atoms with Gasteiger partial charge >= 0.3 is 11.9 Å². The summed E-state index contributed by atoms with van der Waals surface area (Å²) in [6.45, 7) is 11.8. The van der Waals surface area contributed by atoms with E-state index in [2.05, 4.69) is 0 Å². The number of aliphatic carboxylic acids is 2. The van der Waals surface area contributed by atoms with E-state index in [1.54, 1.807) is 0 Å². The average Bonchev–Trinajstić information content (AvgIpc) is 1.95. The van der Waals surface area contributed by atoms with Crippen LogP contribution in [0.4, 0.5) is 0 Å². The van der Waals surface area contributed by atoms with Crippen LogP contribution in [0.3, 0.4) is 0 Å². The van der Waals surface area contributed by atoms with E-state index in [1.165, 1.54) is 0 Å². The Hall–Kier alpha value is -1.06. The molecule has 0 amide bonds. The highest BCUT2D eigenvalue weighted by Gasteiger charge is 2.14. The summed E-state index contributed by atoms with van der Waals surface area (Å²) in [6, 6.07) is 0. The Bertz CT molecular complexity index is 243. The van der Waals surface area contributed by atoms with Gasteiger partial charge in [0, 0.05) is 6.42 Å². The van der Waals surface area contributed by atoms with E-state index in [0.717, 1.165) is 6.42 Å². The normalized spacial score (nSPS) is 11.4. The van der Waals surface area contributed by atoms with Crippen molar-refractivity contribution in [3.05, 3.63) is 0 Å². The van der Waals surface area contributed by atoms with E-state index >= 15 is 0 Å². The lowest BCUT2D eigenvalue weighted by Gasteiger charge is -2.15. The van der Waals surface area contributed by atoms with Gasteiger partial charge in [0.2, 0.25) is 0 Å². The second kappa shape index (κ2) is 7.30. The number of carboxylic acids is 2. The topological polar surface area (TPSA) is 74.6 Å². The van der Waals surface area contributed by atoms with Crippen LogP contribution in [0.25, 0.3) is 0 Å². The van der Waals surface area contributed by atoms with Gasteiger partial charge < -0.3 is 10.2 Å². The van der Waals surface area contributed by atoms with Crippen molar-refractivity contribution in [2.45, 2.75) is 60.8 Å². The monoisotopic (exact) mass is 246 g/mol. The van der Waals surface area contributed by atoms with Crippen LogP contribution in [-0.2, 0) is 9.59 Å². The Balaban J connectivity index is 0. The maximum absolute atomic E-state index is 10.0. The average molecular weight is 246 g/mol. The van der Waals surface area contributed by atoms with Crippen molar-refractivity contribution < 1.29 is 19.8 Å². The van der Waals surface area contributed by atoms with Crippen molar-refractivity contribution in [2.24, 2.45) is 10.8 Å². The van der Waals surface area contributed by atoms with E-state index in [1.807, 2.05) is 41.5 Å². The first-order valence-electron chi connectivity index (χ1n) is 5.77. The van der Waals surface area contributed by atoms with Crippen LogP contribution >= 0.6 is 0 Å². The number of carboxylic acid groups (broad SMARTS) is 2. The van der Waals surface area contributed by atoms with Crippen molar-refractivity contribution in [3.63, 3.8) is 0 Å². The lowest BCUT2D eigenvalue weighted by atomic mass is 9.91. The SMILES string of the molecule is CC(C)(C)CC(=O)O.CC(C)(C)CCC(=O)O. The predicted molar refractivity (Wildman–Crippen MR) is 68.0 cm³/mol. The maximum Gasteiger partial charge on any atom is 0.303 e. The van der Waals surface area contributed by atoms with Gasteiger partial charge in [-0.15, -0.1) is 0 Å². The van der Waals surface area contributed by atoms with Crippen molar-refractivity contribution in [2.75, 3.05) is 0 Å². The van der Waals surface area contributed by atoms with Crippen LogP contribution in [-0.4, -0.2) is 22.2 Å². The standard InChI is InChI=1S/C7H14O2.C6H12O2/c1-7(2,3)5-4-6(8)9;1-6(2,3)4-5(7)8/h4-5H2,1-3H3,(H,8,9);4H2,1-3H3,(H,7,8). The Kier molecular flexibility index (Phi) is 7.86. The molecule has 0 saturated heterocycles. The maximum atomic E-state index is 10.0. The molecule has 0 aromatic rings. The molecule has 4 heteroatoms. The van der Waals surface area contributed by atoms with Gasteiger partial charge in [-0.25, -0.2) is 0 Å². The van der Waals surface area contributed by atoms with Crippen LogP contribution in [0.1, 0.15) is 60.8 Å². The van der Waals surface area contributed by atoms with Crippen molar-refractivity contribution in [1.29, 1.82) is 0 Å². The van der Waals surface area contributed by atoms with Crippen LogP contribution in [0.5, 0.6) is 0 Å². The molecule has 0 aromatic carbocycles. The summed E-state index contributed by atoms with van der Waals surface area (Å²) in [5.74, 6) is -1.43. The second-order valence-corrected chi connectivity index (χ2v) is 6.59. The molecule has 0 fully saturated rings. The Labute approximate surface area is 104 Å². The molecule has 0 aliphatic rings. The third kappa shape index (κ3) is 25.3. The summed E-state index contributed by atoms with van der Waals surface area (Å²) < 4.78 is 0. The molecule has 102 valence electrons. The summed E-state index contributed by atoms with van der Waals surface area (Å²) >= 11 is 0. The fraction of sp³-hybridized carbons (Fsp3) is 0.846. The minimum atomic E-state index is -0.725. The van der Waals surface area contributed by atoms with Crippen molar-refractivity contribution in [3.8, 4) is 0 Å². The Morgan fingerprint density at radius 2 is 1.24 bits per heavy atom. The zero-order valence-electron chi connectivity index (χ0n) is 11.8. The summed E-state index contributed by atoms with van der Waals surface area (Å²) in [4.78, 5) is 20.1. The van der Waals surface area contributed by atoms with Crippen LogP contribution in [0.15, 0.2) is 0 Å². The van der Waals surface area contributed by atoms with E-state index in [-0.39, 0.29) is 23.7 Å². The largest absolute Gasteiger partial charge is 0.481 e. The van der Waals surface area contributed by atoms with Crippen LogP contribution < -0.4 is 0 Å². The molecule has 0 rings (SSSR count). The summed E-state index contributed by atoms with van der Waals surface area (Å²) in [5.41, 5.74) is 0.0736. The lowest BCUT2D eigenvalue weighted by molar-refractivity contribution is -0.139. The van der Waals surface area contributed by atoms with Gasteiger partial charge in [0.05, 0.1) is 6.42 Å². The first-order chi connectivity index (χ1) is 7.33. The molecule has 0 radical (unpaired) electrons. The summed E-state index contributed by atoms with van der Waals surface area (Å²) in [6.07, 6.45) is 1.28. The number of hydrogen-bond donors (Lipinski definition) is 2. The quantitative estimate of drug-likeness (QED) is 0.800. The highest BCUT2D eigenvalue weighted by Crippen LogP contribution is 2.20. The smallest absolute Gasteiger partial charge is 0.303 e. The first-order valence-corrected chi connectivity index (χ1v) is 5.77. The van der Waals surface area contributed by atoms with Gasteiger partial charge in [-0.2, -0.15) is 0 Å². The molecule has 0 heterocycles. The number of rotatable bonds is 3. The lowest BCUT2D eigenvalue weighted by Crippen LogP contribution is -2.11.